The van der Waals surface area contributed by atoms with Crippen molar-refractivity contribution in [2.75, 3.05) is 13.1 Å². The molecule has 2 rings (SSSR count). The second-order valence-corrected chi connectivity index (χ2v) is 5.38. The normalized spacial score (nSPS) is 19.1. The van der Waals surface area contributed by atoms with Crippen LogP contribution in [0.25, 0.3) is 0 Å². The van der Waals surface area contributed by atoms with Crippen LogP contribution in [0.1, 0.15) is 51.0 Å². The molecule has 0 bridgehead atoms. The maximum Gasteiger partial charge on any atom is 0.00777 e. The molecule has 1 N–H and O–H groups in total. The van der Waals surface area contributed by atoms with E-state index in [9.17, 15) is 0 Å². The highest BCUT2D eigenvalue weighted by Crippen LogP contribution is 2.38. The molecule has 1 heteroatoms. The van der Waals surface area contributed by atoms with Crippen molar-refractivity contribution in [2.24, 2.45) is 0 Å². The molecule has 0 unspecified atom stereocenters. The Kier molecular flexibility index (Phi) is 4.61. The van der Waals surface area contributed by atoms with E-state index < -0.39 is 0 Å². The third-order valence-corrected chi connectivity index (χ3v) is 4.09. The van der Waals surface area contributed by atoms with Crippen molar-refractivity contribution in [3.05, 3.63) is 35.9 Å². The summed E-state index contributed by atoms with van der Waals surface area (Å²) in [6.45, 7) is 4.54. The topological polar surface area (TPSA) is 12.0 Å². The Labute approximate surface area is 106 Å². The van der Waals surface area contributed by atoms with Crippen LogP contribution >= 0.6 is 0 Å². The Morgan fingerprint density at radius 2 is 1.76 bits per heavy atom. The fraction of sp³-hybridized carbons (Fsp3) is 0.625. The SMILES string of the molecule is CCCNCC1(c2ccccc2)CCCCC1. The monoisotopic (exact) mass is 231 g/mol. The van der Waals surface area contributed by atoms with Gasteiger partial charge in [0, 0.05) is 12.0 Å². The maximum absolute atomic E-state index is 3.64. The second kappa shape index (κ2) is 6.20. The van der Waals surface area contributed by atoms with E-state index in [2.05, 4.69) is 42.6 Å². The van der Waals surface area contributed by atoms with Crippen LogP contribution in [0.4, 0.5) is 0 Å². The van der Waals surface area contributed by atoms with Crippen LogP contribution < -0.4 is 5.32 Å². The van der Waals surface area contributed by atoms with Crippen LogP contribution in [0.5, 0.6) is 0 Å². The first-order chi connectivity index (χ1) is 8.37. The summed E-state index contributed by atoms with van der Waals surface area (Å²) in [6, 6.07) is 11.1. The van der Waals surface area contributed by atoms with Crippen LogP contribution in [0, 0.1) is 0 Å². The zero-order valence-electron chi connectivity index (χ0n) is 11.0. The third-order valence-electron chi connectivity index (χ3n) is 4.09. The van der Waals surface area contributed by atoms with Crippen molar-refractivity contribution in [1.29, 1.82) is 0 Å². The standard InChI is InChI=1S/C16H25N/c1-2-13-17-14-16(11-7-4-8-12-16)15-9-5-3-6-10-15/h3,5-6,9-10,17H,2,4,7-8,11-14H2,1H3. The number of nitrogens with one attached hydrogen (secondary N) is 1. The molecular weight excluding hydrogens is 206 g/mol. The van der Waals surface area contributed by atoms with Crippen LogP contribution in [-0.2, 0) is 5.41 Å². The number of hydrogen-bond donors (Lipinski definition) is 1. The van der Waals surface area contributed by atoms with Crippen molar-refractivity contribution in [3.63, 3.8) is 0 Å². The quantitative estimate of drug-likeness (QED) is 0.758. The highest BCUT2D eigenvalue weighted by Gasteiger charge is 2.32. The Bertz CT molecular complexity index is 312. The largest absolute Gasteiger partial charge is 0.316 e. The molecule has 0 spiro atoms. The van der Waals surface area contributed by atoms with Gasteiger partial charge in [-0.15, -0.1) is 0 Å². The molecule has 0 amide bonds. The van der Waals surface area contributed by atoms with Crippen LogP contribution in [0.2, 0.25) is 0 Å². The van der Waals surface area contributed by atoms with Gasteiger partial charge in [-0.3, -0.25) is 0 Å². The van der Waals surface area contributed by atoms with Gasteiger partial charge < -0.3 is 5.32 Å². The summed E-state index contributed by atoms with van der Waals surface area (Å²) in [5, 5.41) is 3.64. The van der Waals surface area contributed by atoms with E-state index in [0.717, 1.165) is 13.1 Å². The molecule has 1 aromatic carbocycles. The summed E-state index contributed by atoms with van der Waals surface area (Å²) in [4.78, 5) is 0. The molecule has 0 aromatic heterocycles. The van der Waals surface area contributed by atoms with E-state index >= 15 is 0 Å². The predicted octanol–water partition coefficient (Wildman–Crippen LogP) is 3.89. The molecule has 1 aliphatic carbocycles. The Balaban J connectivity index is 2.11. The molecule has 1 aromatic rings. The molecule has 0 radical (unpaired) electrons. The second-order valence-electron chi connectivity index (χ2n) is 5.38. The average Bonchev–Trinajstić information content (AvgIpc) is 2.41. The number of hydrogen-bond acceptors (Lipinski definition) is 1. The molecule has 0 aliphatic heterocycles. The molecular formula is C16H25N. The third kappa shape index (κ3) is 3.10. The van der Waals surface area contributed by atoms with Gasteiger partial charge in [0.15, 0.2) is 0 Å². The van der Waals surface area contributed by atoms with Crippen molar-refractivity contribution < 1.29 is 0 Å². The Morgan fingerprint density at radius 1 is 1.06 bits per heavy atom. The fourth-order valence-electron chi connectivity index (χ4n) is 3.09. The molecule has 1 fully saturated rings. The lowest BCUT2D eigenvalue weighted by molar-refractivity contribution is 0.280. The van der Waals surface area contributed by atoms with Gasteiger partial charge in [-0.1, -0.05) is 56.5 Å². The molecule has 0 atom stereocenters. The van der Waals surface area contributed by atoms with Gasteiger partial charge in [-0.05, 0) is 31.4 Å². The molecule has 1 aliphatic rings. The van der Waals surface area contributed by atoms with Crippen molar-refractivity contribution >= 4 is 0 Å². The summed E-state index contributed by atoms with van der Waals surface area (Å²) in [7, 11) is 0. The first-order valence-corrected chi connectivity index (χ1v) is 7.14. The van der Waals surface area contributed by atoms with Gasteiger partial charge in [-0.25, -0.2) is 0 Å². The van der Waals surface area contributed by atoms with E-state index in [1.54, 1.807) is 5.56 Å². The van der Waals surface area contributed by atoms with Crippen molar-refractivity contribution in [2.45, 2.75) is 50.9 Å². The number of rotatable bonds is 5. The summed E-state index contributed by atoms with van der Waals surface area (Å²) in [6.07, 6.45) is 8.14. The lowest BCUT2D eigenvalue weighted by Crippen LogP contribution is -2.40. The lowest BCUT2D eigenvalue weighted by atomic mass is 9.69. The zero-order chi connectivity index (χ0) is 12.0. The van der Waals surface area contributed by atoms with E-state index in [0.29, 0.717) is 5.41 Å². The molecule has 1 nitrogen and oxygen atoms in total. The van der Waals surface area contributed by atoms with Gasteiger partial charge in [0.2, 0.25) is 0 Å². The number of benzene rings is 1. The van der Waals surface area contributed by atoms with Crippen LogP contribution in [0.15, 0.2) is 30.3 Å². The highest BCUT2D eigenvalue weighted by molar-refractivity contribution is 5.26. The molecule has 1 saturated carbocycles. The van der Waals surface area contributed by atoms with Gasteiger partial charge in [0.1, 0.15) is 0 Å². The maximum atomic E-state index is 3.64. The first-order valence-electron chi connectivity index (χ1n) is 7.14. The van der Waals surface area contributed by atoms with Gasteiger partial charge >= 0.3 is 0 Å². The van der Waals surface area contributed by atoms with Crippen LogP contribution in [-0.4, -0.2) is 13.1 Å². The molecule has 94 valence electrons. The predicted molar refractivity (Wildman–Crippen MR) is 74.4 cm³/mol. The molecule has 17 heavy (non-hydrogen) atoms. The van der Waals surface area contributed by atoms with E-state index in [-0.39, 0.29) is 0 Å². The van der Waals surface area contributed by atoms with Crippen molar-refractivity contribution in [3.8, 4) is 0 Å². The van der Waals surface area contributed by atoms with Gasteiger partial charge in [0.05, 0.1) is 0 Å². The smallest absolute Gasteiger partial charge is 0.00777 e. The lowest BCUT2D eigenvalue weighted by Gasteiger charge is -2.38. The summed E-state index contributed by atoms with van der Waals surface area (Å²) >= 11 is 0. The minimum atomic E-state index is 0.411. The first kappa shape index (κ1) is 12.6. The zero-order valence-corrected chi connectivity index (χ0v) is 11.0. The average molecular weight is 231 g/mol. The van der Waals surface area contributed by atoms with Crippen molar-refractivity contribution in [1.82, 2.24) is 5.32 Å². The highest BCUT2D eigenvalue weighted by atomic mass is 14.9. The Morgan fingerprint density at radius 3 is 2.41 bits per heavy atom. The minimum absolute atomic E-state index is 0.411. The van der Waals surface area contributed by atoms with E-state index in [1.807, 2.05) is 0 Å². The summed E-state index contributed by atoms with van der Waals surface area (Å²) in [5.41, 5.74) is 1.96. The van der Waals surface area contributed by atoms with Crippen LogP contribution in [0.3, 0.4) is 0 Å². The Hall–Kier alpha value is -0.820. The summed E-state index contributed by atoms with van der Waals surface area (Å²) < 4.78 is 0. The van der Waals surface area contributed by atoms with E-state index in [1.165, 1.54) is 38.5 Å². The fourth-order valence-corrected chi connectivity index (χ4v) is 3.09. The minimum Gasteiger partial charge on any atom is -0.316 e. The van der Waals surface area contributed by atoms with Gasteiger partial charge in [0.25, 0.3) is 0 Å². The molecule has 0 saturated heterocycles. The van der Waals surface area contributed by atoms with Gasteiger partial charge in [-0.2, -0.15) is 0 Å². The molecule has 0 heterocycles. The van der Waals surface area contributed by atoms with E-state index in [4.69, 9.17) is 0 Å². The summed E-state index contributed by atoms with van der Waals surface area (Å²) in [5.74, 6) is 0.